The normalized spacial score (nSPS) is 12.7. The number of likely N-dealkylation sites (N-methyl/N-ethyl adjacent to an activating group) is 1. The third-order valence-electron chi connectivity index (χ3n) is 2.87. The molecule has 0 spiro atoms. The first-order valence-corrected chi connectivity index (χ1v) is 8.58. The van der Waals surface area contributed by atoms with Gasteiger partial charge in [0.25, 0.3) is 0 Å². The van der Waals surface area contributed by atoms with E-state index in [0.29, 0.717) is 17.4 Å². The predicted octanol–water partition coefficient (Wildman–Crippen LogP) is 5.44. The van der Waals surface area contributed by atoms with Gasteiger partial charge in [-0.15, -0.1) is 11.3 Å². The van der Waals surface area contributed by atoms with Gasteiger partial charge in [0.2, 0.25) is 0 Å². The molecule has 20 heavy (non-hydrogen) atoms. The molecule has 0 aliphatic heterocycles. The summed E-state index contributed by atoms with van der Waals surface area (Å²) in [5.41, 5.74) is 0.0968. The number of hydrogen-bond donors (Lipinski definition) is 1. The van der Waals surface area contributed by atoms with Crippen LogP contribution in [0.25, 0.3) is 0 Å². The molecule has 0 bridgehead atoms. The van der Waals surface area contributed by atoms with Crippen LogP contribution in [-0.4, -0.2) is 6.54 Å². The van der Waals surface area contributed by atoms with E-state index in [1.807, 2.05) is 18.4 Å². The summed E-state index contributed by atoms with van der Waals surface area (Å²) in [4.78, 5) is 1.07. The molecule has 2 rings (SSSR count). The Balaban J connectivity index is 2.33. The first kappa shape index (κ1) is 16.1. The van der Waals surface area contributed by atoms with Crippen molar-refractivity contribution in [2.24, 2.45) is 0 Å². The summed E-state index contributed by atoms with van der Waals surface area (Å²) in [5, 5.41) is 5.12. The van der Waals surface area contributed by atoms with Crippen LogP contribution in [0, 0.1) is 11.6 Å². The van der Waals surface area contributed by atoms with Crippen molar-refractivity contribution in [2.75, 3.05) is 6.54 Å². The Bertz CT molecular complexity index is 578. The van der Waals surface area contributed by atoms with Gasteiger partial charge in [0.1, 0.15) is 11.6 Å². The Morgan fingerprint density at radius 3 is 2.30 bits per heavy atom. The first-order chi connectivity index (χ1) is 9.51. The zero-order chi connectivity index (χ0) is 14.7. The highest BCUT2D eigenvalue weighted by molar-refractivity contribution is 9.10. The smallest absolute Gasteiger partial charge is 0.132 e. The van der Waals surface area contributed by atoms with Crippen LogP contribution in [0.15, 0.2) is 32.5 Å². The van der Waals surface area contributed by atoms with E-state index in [0.717, 1.165) is 9.35 Å². The molecule has 1 aromatic carbocycles. The summed E-state index contributed by atoms with van der Waals surface area (Å²) in [6.45, 7) is 2.57. The van der Waals surface area contributed by atoms with E-state index in [1.165, 1.54) is 12.1 Å². The number of halogens is 4. The lowest BCUT2D eigenvalue weighted by Gasteiger charge is -2.19. The predicted molar refractivity (Wildman–Crippen MR) is 86.2 cm³/mol. The highest BCUT2D eigenvalue weighted by Crippen LogP contribution is 2.30. The molecule has 2 aromatic rings. The molecule has 1 atom stereocenters. The van der Waals surface area contributed by atoms with Crippen LogP contribution in [0.5, 0.6) is 0 Å². The van der Waals surface area contributed by atoms with Gasteiger partial charge in [-0.1, -0.05) is 22.9 Å². The van der Waals surface area contributed by atoms with Gasteiger partial charge in [0.05, 0.1) is 0 Å². The Morgan fingerprint density at radius 1 is 1.15 bits per heavy atom. The summed E-state index contributed by atoms with van der Waals surface area (Å²) in [7, 11) is 0. The van der Waals surface area contributed by atoms with E-state index in [2.05, 4.69) is 37.2 Å². The van der Waals surface area contributed by atoms with E-state index in [-0.39, 0.29) is 11.6 Å². The van der Waals surface area contributed by atoms with E-state index in [4.69, 9.17) is 0 Å². The SMILES string of the molecule is CCNC(Cc1cc(Br)cs1)c1c(F)cc(Br)cc1F. The van der Waals surface area contributed by atoms with Crippen molar-refractivity contribution in [3.63, 3.8) is 0 Å². The van der Waals surface area contributed by atoms with Crippen molar-refractivity contribution in [3.8, 4) is 0 Å². The van der Waals surface area contributed by atoms with E-state index >= 15 is 0 Å². The molecule has 0 aliphatic rings. The van der Waals surface area contributed by atoms with Crippen LogP contribution < -0.4 is 5.32 Å². The minimum atomic E-state index is -0.529. The van der Waals surface area contributed by atoms with Crippen molar-refractivity contribution < 1.29 is 8.78 Å². The number of rotatable bonds is 5. The molecule has 0 saturated carbocycles. The van der Waals surface area contributed by atoms with Gasteiger partial charge in [-0.25, -0.2) is 8.78 Å². The highest BCUT2D eigenvalue weighted by atomic mass is 79.9. The molecule has 1 unspecified atom stereocenters. The second-order valence-corrected chi connectivity index (χ2v) is 7.16. The Morgan fingerprint density at radius 2 is 1.80 bits per heavy atom. The summed E-state index contributed by atoms with van der Waals surface area (Å²) in [5.74, 6) is -1.06. The molecule has 1 aromatic heterocycles. The van der Waals surface area contributed by atoms with Crippen molar-refractivity contribution in [2.45, 2.75) is 19.4 Å². The Hall–Kier alpha value is -0.300. The lowest BCUT2D eigenvalue weighted by Crippen LogP contribution is -2.24. The third kappa shape index (κ3) is 3.87. The summed E-state index contributed by atoms with van der Waals surface area (Å²) >= 11 is 8.06. The van der Waals surface area contributed by atoms with Crippen LogP contribution >= 0.6 is 43.2 Å². The topological polar surface area (TPSA) is 12.0 Å². The fourth-order valence-corrected chi connectivity index (χ4v) is 3.97. The molecule has 0 radical (unpaired) electrons. The van der Waals surface area contributed by atoms with E-state index in [1.54, 1.807) is 11.3 Å². The van der Waals surface area contributed by atoms with Gasteiger partial charge >= 0.3 is 0 Å². The minimum Gasteiger partial charge on any atom is -0.310 e. The van der Waals surface area contributed by atoms with Gasteiger partial charge in [0, 0.05) is 37.2 Å². The third-order valence-corrected chi connectivity index (χ3v) is 5.05. The zero-order valence-corrected chi connectivity index (χ0v) is 14.7. The maximum Gasteiger partial charge on any atom is 0.132 e. The Kier molecular flexibility index (Phi) is 5.72. The summed E-state index contributed by atoms with van der Waals surface area (Å²) < 4.78 is 29.6. The summed E-state index contributed by atoms with van der Waals surface area (Å²) in [6.07, 6.45) is 0.555. The monoisotopic (exact) mass is 423 g/mol. The van der Waals surface area contributed by atoms with Crippen LogP contribution in [-0.2, 0) is 6.42 Å². The second kappa shape index (κ2) is 7.11. The standard InChI is InChI=1S/C14H13Br2F2NS/c1-2-19-13(6-10-3-9(16)7-20-10)14-11(17)4-8(15)5-12(14)18/h3-5,7,13,19H,2,6H2,1H3. The molecule has 0 fully saturated rings. The van der Waals surface area contributed by atoms with Crippen LogP contribution in [0.3, 0.4) is 0 Å². The zero-order valence-electron chi connectivity index (χ0n) is 10.7. The van der Waals surface area contributed by atoms with Crippen LogP contribution in [0.2, 0.25) is 0 Å². The van der Waals surface area contributed by atoms with Crippen molar-refractivity contribution in [1.29, 1.82) is 0 Å². The number of nitrogens with one attached hydrogen (secondary N) is 1. The van der Waals surface area contributed by atoms with Crippen molar-refractivity contribution in [1.82, 2.24) is 5.32 Å². The average Bonchev–Trinajstić information content (AvgIpc) is 2.73. The second-order valence-electron chi connectivity index (χ2n) is 4.33. The van der Waals surface area contributed by atoms with Crippen LogP contribution in [0.1, 0.15) is 23.4 Å². The van der Waals surface area contributed by atoms with Crippen molar-refractivity contribution in [3.05, 3.63) is 54.6 Å². The molecule has 1 N–H and O–H groups in total. The maximum absolute atomic E-state index is 14.1. The maximum atomic E-state index is 14.1. The minimum absolute atomic E-state index is 0.0968. The molecular weight excluding hydrogens is 412 g/mol. The molecule has 1 heterocycles. The Labute approximate surface area is 137 Å². The molecule has 0 amide bonds. The van der Waals surface area contributed by atoms with Gasteiger partial charge in [-0.3, -0.25) is 0 Å². The molecule has 0 aliphatic carbocycles. The van der Waals surface area contributed by atoms with E-state index < -0.39 is 11.6 Å². The van der Waals surface area contributed by atoms with Crippen LogP contribution in [0.4, 0.5) is 8.78 Å². The highest BCUT2D eigenvalue weighted by Gasteiger charge is 2.21. The molecule has 6 heteroatoms. The van der Waals surface area contributed by atoms with Gasteiger partial charge in [-0.2, -0.15) is 0 Å². The molecule has 1 nitrogen and oxygen atoms in total. The number of thiophene rings is 1. The average molecular weight is 425 g/mol. The fourth-order valence-electron chi connectivity index (χ4n) is 2.07. The number of benzene rings is 1. The van der Waals surface area contributed by atoms with Gasteiger partial charge in [0.15, 0.2) is 0 Å². The number of hydrogen-bond acceptors (Lipinski definition) is 2. The fraction of sp³-hybridized carbons (Fsp3) is 0.286. The first-order valence-electron chi connectivity index (χ1n) is 6.12. The largest absolute Gasteiger partial charge is 0.310 e. The summed E-state index contributed by atoms with van der Waals surface area (Å²) in [6, 6.07) is 4.20. The lowest BCUT2D eigenvalue weighted by molar-refractivity contribution is 0.474. The van der Waals surface area contributed by atoms with E-state index in [9.17, 15) is 8.78 Å². The quantitative estimate of drug-likeness (QED) is 0.673. The van der Waals surface area contributed by atoms with Gasteiger partial charge < -0.3 is 5.32 Å². The van der Waals surface area contributed by atoms with Gasteiger partial charge in [-0.05, 0) is 40.7 Å². The molecule has 108 valence electrons. The van der Waals surface area contributed by atoms with Crippen molar-refractivity contribution >= 4 is 43.2 Å². The molecular formula is C14H13Br2F2NS. The lowest BCUT2D eigenvalue weighted by atomic mass is 10.0. The molecule has 0 saturated heterocycles.